The fourth-order valence-corrected chi connectivity index (χ4v) is 3.01. The van der Waals surface area contributed by atoms with Crippen LogP contribution in [0.4, 0.5) is 0 Å². The third kappa shape index (κ3) is 4.76. The van der Waals surface area contributed by atoms with Crippen LogP contribution < -0.4 is 5.32 Å². The predicted octanol–water partition coefficient (Wildman–Crippen LogP) is 4.57. The largest absolute Gasteiger partial charge is 0.319 e. The van der Waals surface area contributed by atoms with Crippen LogP contribution in [0.15, 0.2) is 48.5 Å². The van der Waals surface area contributed by atoms with Gasteiger partial charge in [0.1, 0.15) is 0 Å². The third-order valence-corrected chi connectivity index (χ3v) is 4.48. The van der Waals surface area contributed by atoms with E-state index in [2.05, 4.69) is 64.3 Å². The SMILES string of the molecule is CNCC(Cc1ccc(I)cc1)Cc1ccccc1Cl. The number of benzene rings is 2. The molecule has 1 N–H and O–H groups in total. The average molecular weight is 400 g/mol. The summed E-state index contributed by atoms with van der Waals surface area (Å²) in [6, 6.07) is 16.9. The normalized spacial score (nSPS) is 12.3. The van der Waals surface area contributed by atoms with Crippen molar-refractivity contribution in [1.29, 1.82) is 0 Å². The molecule has 0 aliphatic heterocycles. The van der Waals surface area contributed by atoms with Gasteiger partial charge in [0.25, 0.3) is 0 Å². The van der Waals surface area contributed by atoms with Gasteiger partial charge in [-0.15, -0.1) is 0 Å². The molecule has 0 radical (unpaired) electrons. The lowest BCUT2D eigenvalue weighted by molar-refractivity contribution is 0.493. The number of hydrogen-bond donors (Lipinski definition) is 1. The Morgan fingerprint density at radius 3 is 2.40 bits per heavy atom. The molecule has 2 aromatic carbocycles. The minimum absolute atomic E-state index is 0.556. The molecule has 0 fully saturated rings. The van der Waals surface area contributed by atoms with Gasteiger partial charge in [-0.3, -0.25) is 0 Å². The van der Waals surface area contributed by atoms with Crippen molar-refractivity contribution in [2.45, 2.75) is 12.8 Å². The van der Waals surface area contributed by atoms with Gasteiger partial charge in [-0.2, -0.15) is 0 Å². The zero-order chi connectivity index (χ0) is 14.4. The van der Waals surface area contributed by atoms with E-state index in [9.17, 15) is 0 Å². The molecule has 0 aromatic heterocycles. The van der Waals surface area contributed by atoms with Crippen LogP contribution in [0, 0.1) is 9.49 Å². The van der Waals surface area contributed by atoms with Crippen LogP contribution in [0.3, 0.4) is 0 Å². The van der Waals surface area contributed by atoms with E-state index in [0.29, 0.717) is 5.92 Å². The Labute approximate surface area is 139 Å². The second-order valence-corrected chi connectivity index (χ2v) is 6.70. The van der Waals surface area contributed by atoms with Crippen molar-refractivity contribution in [1.82, 2.24) is 5.32 Å². The summed E-state index contributed by atoms with van der Waals surface area (Å²) < 4.78 is 1.28. The van der Waals surface area contributed by atoms with E-state index in [1.165, 1.54) is 14.7 Å². The first-order valence-electron chi connectivity index (χ1n) is 6.81. The molecule has 1 nitrogen and oxygen atoms in total. The van der Waals surface area contributed by atoms with Crippen LogP contribution >= 0.6 is 34.2 Å². The van der Waals surface area contributed by atoms with E-state index < -0.39 is 0 Å². The summed E-state index contributed by atoms with van der Waals surface area (Å²) >= 11 is 8.61. The summed E-state index contributed by atoms with van der Waals surface area (Å²) in [4.78, 5) is 0. The van der Waals surface area contributed by atoms with Gasteiger partial charge >= 0.3 is 0 Å². The lowest BCUT2D eigenvalue weighted by Gasteiger charge is -2.17. The number of nitrogens with one attached hydrogen (secondary N) is 1. The van der Waals surface area contributed by atoms with E-state index in [4.69, 9.17) is 11.6 Å². The van der Waals surface area contributed by atoms with E-state index in [1.54, 1.807) is 0 Å². The molecule has 0 bridgehead atoms. The average Bonchev–Trinajstić information content (AvgIpc) is 2.44. The summed E-state index contributed by atoms with van der Waals surface area (Å²) in [5.74, 6) is 0.556. The van der Waals surface area contributed by atoms with Crippen LogP contribution in [0.5, 0.6) is 0 Å². The van der Waals surface area contributed by atoms with Crippen molar-refractivity contribution in [3.8, 4) is 0 Å². The number of hydrogen-bond acceptors (Lipinski definition) is 1. The van der Waals surface area contributed by atoms with Crippen molar-refractivity contribution in [3.05, 3.63) is 68.3 Å². The summed E-state index contributed by atoms with van der Waals surface area (Å²) in [6.07, 6.45) is 2.08. The van der Waals surface area contributed by atoms with Gasteiger partial charge < -0.3 is 5.32 Å². The summed E-state index contributed by atoms with van der Waals surface area (Å²) in [7, 11) is 2.01. The van der Waals surface area contributed by atoms with Gasteiger partial charge in [-0.25, -0.2) is 0 Å². The molecular formula is C17H19ClIN. The molecule has 0 aliphatic rings. The van der Waals surface area contributed by atoms with Crippen LogP contribution in [-0.4, -0.2) is 13.6 Å². The molecular weight excluding hydrogens is 381 g/mol. The Hall–Kier alpha value is -0.580. The van der Waals surface area contributed by atoms with Crippen LogP contribution in [-0.2, 0) is 12.8 Å². The van der Waals surface area contributed by atoms with Crippen LogP contribution in [0.25, 0.3) is 0 Å². The summed E-state index contributed by atoms with van der Waals surface area (Å²) in [5, 5.41) is 4.17. The highest BCUT2D eigenvalue weighted by Crippen LogP contribution is 2.21. The van der Waals surface area contributed by atoms with E-state index in [-0.39, 0.29) is 0 Å². The Morgan fingerprint density at radius 2 is 1.75 bits per heavy atom. The summed E-state index contributed by atoms with van der Waals surface area (Å²) in [5.41, 5.74) is 2.62. The van der Waals surface area contributed by atoms with Crippen LogP contribution in [0.1, 0.15) is 11.1 Å². The monoisotopic (exact) mass is 399 g/mol. The van der Waals surface area contributed by atoms with Crippen molar-refractivity contribution in [3.63, 3.8) is 0 Å². The standard InChI is InChI=1S/C17H19ClIN/c1-20-12-14(10-13-6-8-16(19)9-7-13)11-15-4-2-3-5-17(15)18/h2-9,14,20H,10-12H2,1H3. The first-order valence-corrected chi connectivity index (χ1v) is 8.27. The summed E-state index contributed by atoms with van der Waals surface area (Å²) in [6.45, 7) is 0.997. The molecule has 106 valence electrons. The molecule has 1 unspecified atom stereocenters. The zero-order valence-electron chi connectivity index (χ0n) is 11.6. The second-order valence-electron chi connectivity index (χ2n) is 5.05. The fourth-order valence-electron chi connectivity index (χ4n) is 2.43. The van der Waals surface area contributed by atoms with Crippen molar-refractivity contribution in [2.24, 2.45) is 5.92 Å². The van der Waals surface area contributed by atoms with E-state index >= 15 is 0 Å². The molecule has 1 atom stereocenters. The third-order valence-electron chi connectivity index (χ3n) is 3.40. The van der Waals surface area contributed by atoms with Crippen LogP contribution in [0.2, 0.25) is 5.02 Å². The predicted molar refractivity (Wildman–Crippen MR) is 95.4 cm³/mol. The highest BCUT2D eigenvalue weighted by atomic mass is 127. The number of rotatable bonds is 6. The van der Waals surface area contributed by atoms with Gasteiger partial charge in [0.2, 0.25) is 0 Å². The minimum Gasteiger partial charge on any atom is -0.319 e. The molecule has 0 spiro atoms. The van der Waals surface area contributed by atoms with Gasteiger partial charge in [0.15, 0.2) is 0 Å². The molecule has 0 heterocycles. The minimum atomic E-state index is 0.556. The topological polar surface area (TPSA) is 12.0 Å². The Morgan fingerprint density at radius 1 is 1.05 bits per heavy atom. The van der Waals surface area contributed by atoms with Gasteiger partial charge in [-0.1, -0.05) is 41.9 Å². The highest BCUT2D eigenvalue weighted by molar-refractivity contribution is 14.1. The lowest BCUT2D eigenvalue weighted by atomic mass is 9.92. The Kier molecular flexibility index (Phi) is 6.33. The molecule has 2 rings (SSSR count). The lowest BCUT2D eigenvalue weighted by Crippen LogP contribution is -2.23. The highest BCUT2D eigenvalue weighted by Gasteiger charge is 2.12. The molecule has 0 saturated carbocycles. The fraction of sp³-hybridized carbons (Fsp3) is 0.294. The van der Waals surface area contributed by atoms with E-state index in [0.717, 1.165) is 24.4 Å². The molecule has 3 heteroatoms. The maximum atomic E-state index is 6.27. The van der Waals surface area contributed by atoms with Gasteiger partial charge in [0, 0.05) is 8.59 Å². The van der Waals surface area contributed by atoms with Crippen molar-refractivity contribution in [2.75, 3.05) is 13.6 Å². The second kappa shape index (κ2) is 8.01. The van der Waals surface area contributed by atoms with Gasteiger partial charge in [0.05, 0.1) is 0 Å². The van der Waals surface area contributed by atoms with Crippen molar-refractivity contribution >= 4 is 34.2 Å². The Bertz CT molecular complexity index is 539. The molecule has 0 saturated heterocycles. The smallest absolute Gasteiger partial charge is 0.0438 e. The van der Waals surface area contributed by atoms with Gasteiger partial charge in [-0.05, 0) is 84.3 Å². The zero-order valence-corrected chi connectivity index (χ0v) is 14.5. The number of halogens is 2. The maximum absolute atomic E-state index is 6.27. The molecule has 20 heavy (non-hydrogen) atoms. The first-order chi connectivity index (χ1) is 9.69. The Balaban J connectivity index is 2.07. The van der Waals surface area contributed by atoms with E-state index in [1.807, 2.05) is 19.2 Å². The molecule has 0 aliphatic carbocycles. The quantitative estimate of drug-likeness (QED) is 0.702. The molecule has 2 aromatic rings. The maximum Gasteiger partial charge on any atom is 0.0438 e. The van der Waals surface area contributed by atoms with Crippen molar-refractivity contribution < 1.29 is 0 Å². The molecule has 0 amide bonds. The first kappa shape index (κ1) is 15.8.